The molecule has 0 aliphatic carbocycles. The average molecular weight is 370 g/mol. The number of nitrogens with one attached hydrogen (secondary N) is 1. The number of anilines is 1. The van der Waals surface area contributed by atoms with Crippen molar-refractivity contribution in [3.8, 4) is 17.2 Å². The van der Waals surface area contributed by atoms with Gasteiger partial charge in [0.2, 0.25) is 0 Å². The molecule has 1 saturated heterocycles. The first-order valence-electron chi connectivity index (χ1n) is 7.80. The van der Waals surface area contributed by atoms with Crippen LogP contribution < -0.4 is 24.4 Å². The fourth-order valence-electron chi connectivity index (χ4n) is 2.59. The number of rotatable bonds is 5. The van der Waals surface area contributed by atoms with Gasteiger partial charge in [0.15, 0.2) is 5.11 Å². The summed E-state index contributed by atoms with van der Waals surface area (Å²) in [7, 11) is 4.74. The largest absolute Gasteiger partial charge is 0.497 e. The molecule has 0 aromatic heterocycles. The van der Waals surface area contributed by atoms with Crippen LogP contribution in [-0.2, 0) is 4.79 Å². The van der Waals surface area contributed by atoms with Gasteiger partial charge in [-0.1, -0.05) is 0 Å². The number of hydrogen-bond acceptors (Lipinski definition) is 5. The van der Waals surface area contributed by atoms with E-state index in [9.17, 15) is 4.79 Å². The number of nitrogens with zero attached hydrogens (tertiary/aromatic N) is 1. The first-order valence-corrected chi connectivity index (χ1v) is 8.21. The van der Waals surface area contributed by atoms with Crippen LogP contribution in [-0.4, -0.2) is 32.3 Å². The van der Waals surface area contributed by atoms with Crippen molar-refractivity contribution in [2.24, 2.45) is 0 Å². The fourth-order valence-corrected chi connectivity index (χ4v) is 2.89. The zero-order valence-corrected chi connectivity index (χ0v) is 15.4. The summed E-state index contributed by atoms with van der Waals surface area (Å²) in [6.45, 7) is 0. The van der Waals surface area contributed by atoms with E-state index < -0.39 is 0 Å². The second-order valence-corrected chi connectivity index (χ2v) is 5.82. The highest BCUT2D eigenvalue weighted by Gasteiger charge is 2.32. The predicted octanol–water partition coefficient (Wildman–Crippen LogP) is 2.97. The van der Waals surface area contributed by atoms with Crippen LogP contribution in [0.1, 0.15) is 5.56 Å². The van der Waals surface area contributed by atoms with Crippen LogP contribution in [0.5, 0.6) is 17.2 Å². The van der Waals surface area contributed by atoms with Crippen molar-refractivity contribution < 1.29 is 19.0 Å². The van der Waals surface area contributed by atoms with Gasteiger partial charge in [-0.05, 0) is 54.7 Å². The predicted molar refractivity (Wildman–Crippen MR) is 104 cm³/mol. The molecule has 1 aliphatic heterocycles. The first kappa shape index (κ1) is 17.8. The Bertz CT molecular complexity index is 878. The van der Waals surface area contributed by atoms with Gasteiger partial charge in [0.1, 0.15) is 22.9 Å². The van der Waals surface area contributed by atoms with Gasteiger partial charge in [0.05, 0.1) is 27.0 Å². The Morgan fingerprint density at radius 1 is 0.962 bits per heavy atom. The molecule has 1 fully saturated rings. The zero-order valence-electron chi connectivity index (χ0n) is 14.6. The van der Waals surface area contributed by atoms with Gasteiger partial charge in [0, 0.05) is 11.6 Å². The average Bonchev–Trinajstić information content (AvgIpc) is 2.95. The van der Waals surface area contributed by atoms with Crippen LogP contribution in [0.4, 0.5) is 5.69 Å². The highest BCUT2D eigenvalue weighted by atomic mass is 32.1. The minimum atomic E-state index is -0.238. The summed E-state index contributed by atoms with van der Waals surface area (Å²) in [5.74, 6) is 1.74. The SMILES string of the molecule is COc1ccc(N2C(=O)/C(=C/c3ccc(OC)cc3OC)NC2=S)cc1. The smallest absolute Gasteiger partial charge is 0.281 e. The summed E-state index contributed by atoms with van der Waals surface area (Å²) in [6, 6.07) is 12.5. The van der Waals surface area contributed by atoms with Gasteiger partial charge in [-0.2, -0.15) is 0 Å². The Balaban J connectivity index is 1.92. The lowest BCUT2D eigenvalue weighted by Gasteiger charge is -2.14. The third-order valence-electron chi connectivity index (χ3n) is 3.95. The molecule has 0 atom stereocenters. The second kappa shape index (κ2) is 7.45. The van der Waals surface area contributed by atoms with Crippen molar-refractivity contribution in [3.63, 3.8) is 0 Å². The number of benzene rings is 2. The van der Waals surface area contributed by atoms with Gasteiger partial charge in [0.25, 0.3) is 5.91 Å². The molecule has 6 nitrogen and oxygen atoms in total. The lowest BCUT2D eigenvalue weighted by Crippen LogP contribution is -2.30. The van der Waals surface area contributed by atoms with E-state index in [4.69, 9.17) is 26.4 Å². The van der Waals surface area contributed by atoms with Crippen LogP contribution in [0.2, 0.25) is 0 Å². The Morgan fingerprint density at radius 3 is 2.23 bits per heavy atom. The molecule has 7 heteroatoms. The Hall–Kier alpha value is -3.06. The zero-order chi connectivity index (χ0) is 18.7. The fraction of sp³-hybridized carbons (Fsp3) is 0.158. The van der Waals surface area contributed by atoms with Gasteiger partial charge < -0.3 is 19.5 Å². The Morgan fingerprint density at radius 2 is 1.62 bits per heavy atom. The number of methoxy groups -OCH3 is 3. The second-order valence-electron chi connectivity index (χ2n) is 5.43. The van der Waals surface area contributed by atoms with Crippen LogP contribution in [0.3, 0.4) is 0 Å². The summed E-state index contributed by atoms with van der Waals surface area (Å²) >= 11 is 5.33. The van der Waals surface area contributed by atoms with E-state index in [1.807, 2.05) is 6.07 Å². The quantitative estimate of drug-likeness (QED) is 0.645. The lowest BCUT2D eigenvalue weighted by atomic mass is 10.1. The van der Waals surface area contributed by atoms with E-state index in [1.165, 1.54) is 4.90 Å². The number of thiocarbonyl (C=S) groups is 1. The van der Waals surface area contributed by atoms with E-state index >= 15 is 0 Å². The minimum Gasteiger partial charge on any atom is -0.497 e. The van der Waals surface area contributed by atoms with Crippen LogP contribution in [0, 0.1) is 0 Å². The van der Waals surface area contributed by atoms with Crippen molar-refractivity contribution in [1.82, 2.24) is 5.32 Å². The van der Waals surface area contributed by atoms with Gasteiger partial charge in [-0.15, -0.1) is 0 Å². The summed E-state index contributed by atoms with van der Waals surface area (Å²) in [5.41, 5.74) is 1.77. The van der Waals surface area contributed by atoms with E-state index in [-0.39, 0.29) is 5.91 Å². The number of ether oxygens (including phenoxy) is 3. The van der Waals surface area contributed by atoms with E-state index in [0.29, 0.717) is 33.7 Å². The molecule has 26 heavy (non-hydrogen) atoms. The molecule has 0 saturated carbocycles. The molecule has 0 unspecified atom stereocenters. The van der Waals surface area contributed by atoms with Crippen LogP contribution >= 0.6 is 12.2 Å². The van der Waals surface area contributed by atoms with Crippen molar-refractivity contribution in [1.29, 1.82) is 0 Å². The monoisotopic (exact) mass is 370 g/mol. The van der Waals surface area contributed by atoms with Crippen LogP contribution in [0.25, 0.3) is 6.08 Å². The number of amides is 1. The molecule has 134 valence electrons. The topological polar surface area (TPSA) is 60.0 Å². The first-order chi connectivity index (χ1) is 12.6. The standard InChI is InChI=1S/C19H18N2O4S/c1-23-14-8-5-13(6-9-14)21-18(22)16(20-19(21)26)10-12-4-7-15(24-2)11-17(12)25-3/h4-11H,1-3H3,(H,20,26)/b16-10-. The van der Waals surface area contributed by atoms with Crippen molar-refractivity contribution >= 4 is 35.0 Å². The van der Waals surface area contributed by atoms with Gasteiger partial charge in [-0.25, -0.2) is 0 Å². The summed E-state index contributed by atoms with van der Waals surface area (Å²) < 4.78 is 15.7. The highest BCUT2D eigenvalue weighted by molar-refractivity contribution is 7.80. The Labute approximate surface area is 157 Å². The maximum atomic E-state index is 12.8. The number of carbonyl (C=O) groups is 1. The van der Waals surface area contributed by atoms with E-state index in [2.05, 4.69) is 5.32 Å². The molecule has 1 aliphatic rings. The van der Waals surface area contributed by atoms with Crippen LogP contribution in [0.15, 0.2) is 48.2 Å². The molecule has 1 heterocycles. The highest BCUT2D eigenvalue weighted by Crippen LogP contribution is 2.29. The molecular weight excluding hydrogens is 352 g/mol. The maximum absolute atomic E-state index is 12.8. The summed E-state index contributed by atoms with van der Waals surface area (Å²) in [6.07, 6.45) is 1.70. The molecule has 0 bridgehead atoms. The summed E-state index contributed by atoms with van der Waals surface area (Å²) in [5, 5.41) is 3.28. The van der Waals surface area contributed by atoms with Crippen molar-refractivity contribution in [2.75, 3.05) is 26.2 Å². The van der Waals surface area contributed by atoms with Gasteiger partial charge >= 0.3 is 0 Å². The third-order valence-corrected chi connectivity index (χ3v) is 4.23. The number of hydrogen-bond donors (Lipinski definition) is 1. The third kappa shape index (κ3) is 3.34. The maximum Gasteiger partial charge on any atom is 0.281 e. The number of carbonyl (C=O) groups excluding carboxylic acids is 1. The molecule has 1 amide bonds. The molecule has 0 spiro atoms. The van der Waals surface area contributed by atoms with Gasteiger partial charge in [-0.3, -0.25) is 9.69 Å². The minimum absolute atomic E-state index is 0.238. The summed E-state index contributed by atoms with van der Waals surface area (Å²) in [4.78, 5) is 14.2. The van der Waals surface area contributed by atoms with E-state index in [1.54, 1.807) is 63.8 Å². The Kier molecular flexibility index (Phi) is 5.09. The van der Waals surface area contributed by atoms with Crippen molar-refractivity contribution in [3.05, 3.63) is 53.7 Å². The molecular formula is C19H18N2O4S. The lowest BCUT2D eigenvalue weighted by molar-refractivity contribution is -0.113. The molecule has 2 aromatic carbocycles. The van der Waals surface area contributed by atoms with E-state index in [0.717, 1.165) is 5.56 Å². The molecule has 0 radical (unpaired) electrons. The van der Waals surface area contributed by atoms with Crippen molar-refractivity contribution in [2.45, 2.75) is 0 Å². The molecule has 1 N–H and O–H groups in total. The normalized spacial score (nSPS) is 15.2. The molecule has 2 aromatic rings. The molecule has 3 rings (SSSR count).